The monoisotopic (exact) mass is 415 g/mol. The molecule has 0 aromatic carbocycles. The van der Waals surface area contributed by atoms with Crippen LogP contribution < -0.4 is 5.73 Å². The number of ether oxygens (including phenoxy) is 1. The van der Waals surface area contributed by atoms with Gasteiger partial charge in [-0.25, -0.2) is 0 Å². The largest absolute Gasteiger partial charge is 0.457 e. The van der Waals surface area contributed by atoms with E-state index in [1.165, 1.54) is 31.3 Å². The Morgan fingerprint density at radius 2 is 1.80 bits per heavy atom. The Kier molecular flexibility index (Phi) is 5.70. The summed E-state index contributed by atoms with van der Waals surface area (Å²) in [6.07, 6.45) is 11.2. The molecule has 4 nitrogen and oxygen atoms in total. The second kappa shape index (κ2) is 7.76. The second-order valence-electron chi connectivity index (χ2n) is 11.6. The first-order valence-electron chi connectivity index (χ1n) is 12.3. The highest BCUT2D eigenvalue weighted by Gasteiger charge is 2.59. The molecule has 2 N–H and O–H groups in total. The molecule has 168 valence electrons. The van der Waals surface area contributed by atoms with Crippen molar-refractivity contribution in [2.45, 2.75) is 98.1 Å². The molecule has 0 amide bonds. The van der Waals surface area contributed by atoms with Gasteiger partial charge in [-0.3, -0.25) is 9.59 Å². The number of rotatable bonds is 4. The topological polar surface area (TPSA) is 69.4 Å². The SMILES string of the molecule is CC(=O)[C@@H]1CC[C@@H]2[C@H]3CCC4=C[C@H](OC(=O)[C@@H](N)C(C)C)CC[C@@]4(C)[C@@H]3CC[C@]21C. The molecule has 0 aromatic rings. The molecule has 4 heteroatoms. The second-order valence-corrected chi connectivity index (χ2v) is 11.6. The van der Waals surface area contributed by atoms with E-state index in [1.807, 2.05) is 13.8 Å². The van der Waals surface area contributed by atoms with Gasteiger partial charge in [0.15, 0.2) is 0 Å². The third kappa shape index (κ3) is 3.38. The number of carbonyl (C=O) groups is 2. The first kappa shape index (κ1) is 22.0. The molecular weight excluding hydrogens is 374 g/mol. The molecular formula is C26H41NO3. The van der Waals surface area contributed by atoms with Crippen molar-refractivity contribution in [1.29, 1.82) is 0 Å². The van der Waals surface area contributed by atoms with Gasteiger partial charge in [0.2, 0.25) is 0 Å². The van der Waals surface area contributed by atoms with Crippen LogP contribution in [0.3, 0.4) is 0 Å². The maximum atomic E-state index is 12.4. The van der Waals surface area contributed by atoms with Gasteiger partial charge < -0.3 is 10.5 Å². The highest BCUT2D eigenvalue weighted by atomic mass is 16.5. The van der Waals surface area contributed by atoms with E-state index in [9.17, 15) is 9.59 Å². The van der Waals surface area contributed by atoms with Crippen molar-refractivity contribution in [2.75, 3.05) is 0 Å². The molecule has 0 saturated heterocycles. The Bertz CT molecular complexity index is 743. The summed E-state index contributed by atoms with van der Waals surface area (Å²) in [5.41, 5.74) is 7.94. The smallest absolute Gasteiger partial charge is 0.323 e. The molecule has 0 radical (unpaired) electrons. The summed E-state index contributed by atoms with van der Waals surface area (Å²) >= 11 is 0. The first-order chi connectivity index (χ1) is 14.1. The maximum Gasteiger partial charge on any atom is 0.323 e. The molecule has 30 heavy (non-hydrogen) atoms. The zero-order valence-electron chi connectivity index (χ0n) is 19.6. The summed E-state index contributed by atoms with van der Waals surface area (Å²) in [6.45, 7) is 10.6. The fourth-order valence-corrected chi connectivity index (χ4v) is 7.96. The van der Waals surface area contributed by atoms with Crippen molar-refractivity contribution in [1.82, 2.24) is 0 Å². The first-order valence-corrected chi connectivity index (χ1v) is 12.3. The molecule has 0 aliphatic heterocycles. The van der Waals surface area contributed by atoms with Crippen LogP contribution >= 0.6 is 0 Å². The van der Waals surface area contributed by atoms with Crippen molar-refractivity contribution in [3.63, 3.8) is 0 Å². The average molecular weight is 416 g/mol. The fourth-order valence-electron chi connectivity index (χ4n) is 7.96. The van der Waals surface area contributed by atoms with Gasteiger partial charge in [-0.05, 0) is 98.9 Å². The number of Topliss-reactive ketones (excluding diaryl/α,β-unsaturated/α-hetero) is 1. The number of carbonyl (C=O) groups excluding carboxylic acids is 2. The zero-order valence-corrected chi connectivity index (χ0v) is 19.6. The lowest BCUT2D eigenvalue weighted by atomic mass is 9.46. The summed E-state index contributed by atoms with van der Waals surface area (Å²) in [7, 11) is 0. The Balaban J connectivity index is 1.51. The van der Waals surface area contributed by atoms with Gasteiger partial charge in [0.25, 0.3) is 0 Å². The highest BCUT2D eigenvalue weighted by molar-refractivity contribution is 5.79. The summed E-state index contributed by atoms with van der Waals surface area (Å²) < 4.78 is 5.79. The molecule has 8 atom stereocenters. The van der Waals surface area contributed by atoms with Crippen molar-refractivity contribution in [3.05, 3.63) is 11.6 Å². The van der Waals surface area contributed by atoms with Crippen molar-refractivity contribution < 1.29 is 14.3 Å². The van der Waals surface area contributed by atoms with E-state index in [2.05, 4.69) is 19.9 Å². The molecule has 0 spiro atoms. The zero-order chi connectivity index (χ0) is 21.8. The van der Waals surface area contributed by atoms with Crippen LogP contribution in [0, 0.1) is 40.4 Å². The van der Waals surface area contributed by atoms with Crippen LogP contribution in [0.1, 0.15) is 86.0 Å². The third-order valence-electron chi connectivity index (χ3n) is 9.82. The lowest BCUT2D eigenvalue weighted by molar-refractivity contribution is -0.151. The standard InChI is InChI=1S/C26H41NO3/c1-15(2)23(27)24(29)30-18-10-12-25(4)17(14-18)6-7-19-21-9-8-20(16(3)28)26(21,5)13-11-22(19)25/h14-15,18-23H,6-13,27H2,1-5H3/t18-,19-,20+,21-,22-,23+,25-,26+/m1/s1. The van der Waals surface area contributed by atoms with E-state index in [-0.39, 0.29) is 34.7 Å². The fraction of sp³-hybridized carbons (Fsp3) is 0.846. The number of ketones is 1. The molecule has 3 saturated carbocycles. The lowest BCUT2D eigenvalue weighted by Crippen LogP contribution is -2.51. The van der Waals surface area contributed by atoms with E-state index >= 15 is 0 Å². The normalized spacial score (nSPS) is 43.8. The molecule has 0 heterocycles. The van der Waals surface area contributed by atoms with E-state index in [4.69, 9.17) is 10.5 Å². The van der Waals surface area contributed by atoms with Crippen LogP contribution in [0.15, 0.2) is 11.6 Å². The Hall–Kier alpha value is -1.16. The predicted octanol–water partition coefficient (Wildman–Crippen LogP) is 5.05. The van der Waals surface area contributed by atoms with Crippen LogP contribution in [0.2, 0.25) is 0 Å². The Morgan fingerprint density at radius 1 is 1.07 bits per heavy atom. The van der Waals surface area contributed by atoms with Crippen molar-refractivity contribution in [3.8, 4) is 0 Å². The van der Waals surface area contributed by atoms with E-state index in [0.717, 1.165) is 31.6 Å². The maximum absolute atomic E-state index is 12.4. The number of hydrogen-bond acceptors (Lipinski definition) is 4. The number of allylic oxidation sites excluding steroid dienone is 1. The molecule has 0 unspecified atom stereocenters. The van der Waals surface area contributed by atoms with Gasteiger partial charge in [0.05, 0.1) is 0 Å². The summed E-state index contributed by atoms with van der Waals surface area (Å²) in [5.74, 6) is 2.65. The minimum atomic E-state index is -0.542. The minimum Gasteiger partial charge on any atom is -0.457 e. The van der Waals surface area contributed by atoms with Gasteiger partial charge in [-0.15, -0.1) is 0 Å². The lowest BCUT2D eigenvalue weighted by Gasteiger charge is -2.58. The third-order valence-corrected chi connectivity index (χ3v) is 9.82. The highest BCUT2D eigenvalue weighted by Crippen LogP contribution is 2.66. The van der Waals surface area contributed by atoms with Gasteiger partial charge in [0.1, 0.15) is 17.9 Å². The van der Waals surface area contributed by atoms with Crippen LogP contribution in [-0.4, -0.2) is 23.9 Å². The number of esters is 1. The molecule has 4 aliphatic rings. The summed E-state index contributed by atoms with van der Waals surface area (Å²) in [6, 6.07) is -0.542. The molecule has 3 fully saturated rings. The molecule has 0 aromatic heterocycles. The molecule has 4 aliphatic carbocycles. The Labute approximate surface area is 182 Å². The van der Waals surface area contributed by atoms with Crippen molar-refractivity contribution in [2.24, 2.45) is 46.2 Å². The van der Waals surface area contributed by atoms with Crippen LogP contribution in [-0.2, 0) is 14.3 Å². The average Bonchev–Trinajstić information content (AvgIpc) is 3.05. The van der Waals surface area contributed by atoms with E-state index in [0.29, 0.717) is 17.6 Å². The van der Waals surface area contributed by atoms with Crippen LogP contribution in [0.4, 0.5) is 0 Å². The van der Waals surface area contributed by atoms with Gasteiger partial charge in [0, 0.05) is 5.92 Å². The van der Waals surface area contributed by atoms with Gasteiger partial charge in [-0.1, -0.05) is 33.3 Å². The van der Waals surface area contributed by atoms with E-state index in [1.54, 1.807) is 6.92 Å². The van der Waals surface area contributed by atoms with Crippen molar-refractivity contribution >= 4 is 11.8 Å². The number of hydrogen-bond donors (Lipinski definition) is 1. The quantitative estimate of drug-likeness (QED) is 0.515. The van der Waals surface area contributed by atoms with E-state index < -0.39 is 6.04 Å². The van der Waals surface area contributed by atoms with Crippen LogP contribution in [0.5, 0.6) is 0 Å². The number of nitrogens with two attached hydrogens (primary N) is 1. The molecule has 0 bridgehead atoms. The number of fused-ring (bicyclic) bond motifs is 5. The predicted molar refractivity (Wildman–Crippen MR) is 119 cm³/mol. The Morgan fingerprint density at radius 3 is 2.47 bits per heavy atom. The van der Waals surface area contributed by atoms with Gasteiger partial charge in [-0.2, -0.15) is 0 Å². The van der Waals surface area contributed by atoms with Gasteiger partial charge >= 0.3 is 5.97 Å². The van der Waals surface area contributed by atoms with Crippen LogP contribution in [0.25, 0.3) is 0 Å². The molecule has 4 rings (SSSR count). The summed E-state index contributed by atoms with van der Waals surface area (Å²) in [5, 5.41) is 0. The minimum absolute atomic E-state index is 0.0937. The summed E-state index contributed by atoms with van der Waals surface area (Å²) in [4.78, 5) is 24.7.